The highest BCUT2D eigenvalue weighted by Crippen LogP contribution is 2.39. The van der Waals surface area contributed by atoms with Gasteiger partial charge in [0, 0.05) is 84.9 Å². The molecule has 0 spiro atoms. The van der Waals surface area contributed by atoms with Gasteiger partial charge < -0.3 is 19.4 Å². The summed E-state index contributed by atoms with van der Waals surface area (Å²) in [5.41, 5.74) is 1.37. The van der Waals surface area contributed by atoms with Crippen LogP contribution in [0.25, 0.3) is 10.9 Å². The maximum Gasteiger partial charge on any atom is 0.210 e. The SMILES string of the molecule is CC(C)CC(C)Oc1ccc(S(=O)(=O)c2cnc3ccc(S(C)=O)cc3c2N2CCC(N3CCC(N4CCN(C)CC4)CC3)CC2)cc1. The maximum atomic E-state index is 14.3. The minimum absolute atomic E-state index is 0.0355. The third-order valence-corrected chi connectivity index (χ3v) is 13.2. The normalized spacial score (nSPS) is 21.2. The number of likely N-dealkylation sites (tertiary alicyclic amines) is 1. The Bertz CT molecular complexity index is 1680. The van der Waals surface area contributed by atoms with E-state index >= 15 is 0 Å². The summed E-state index contributed by atoms with van der Waals surface area (Å²) in [5, 5.41) is 0.734. The molecule has 2 atom stereocenters. The van der Waals surface area contributed by atoms with Gasteiger partial charge in [0.2, 0.25) is 9.84 Å². The van der Waals surface area contributed by atoms with Gasteiger partial charge in [0.1, 0.15) is 10.6 Å². The lowest BCUT2D eigenvalue weighted by Crippen LogP contribution is -2.54. The van der Waals surface area contributed by atoms with Crippen LogP contribution in [-0.4, -0.2) is 116 Å². The molecule has 3 fully saturated rings. The minimum atomic E-state index is -3.92. The molecule has 0 radical (unpaired) electrons. The number of piperidine rings is 2. The summed E-state index contributed by atoms with van der Waals surface area (Å²) in [5.74, 6) is 1.16. The van der Waals surface area contributed by atoms with Crippen LogP contribution in [0.4, 0.5) is 5.69 Å². The number of rotatable bonds is 10. The Hall–Kier alpha value is -2.57. The van der Waals surface area contributed by atoms with Gasteiger partial charge in [-0.05, 0) is 108 Å². The van der Waals surface area contributed by atoms with E-state index in [4.69, 9.17) is 4.74 Å². The number of likely N-dealkylation sites (N-methyl/N-ethyl adjacent to an activating group) is 1. The summed E-state index contributed by atoms with van der Waals surface area (Å²) in [4.78, 5) is 15.7. The number of anilines is 1. The van der Waals surface area contributed by atoms with Gasteiger partial charge in [-0.3, -0.25) is 14.1 Å². The van der Waals surface area contributed by atoms with Gasteiger partial charge in [-0.1, -0.05) is 13.8 Å². The first-order valence-electron chi connectivity index (χ1n) is 17.7. The predicted molar refractivity (Wildman–Crippen MR) is 194 cm³/mol. The highest BCUT2D eigenvalue weighted by molar-refractivity contribution is 7.91. The highest BCUT2D eigenvalue weighted by atomic mass is 32.2. The predicted octanol–water partition coefficient (Wildman–Crippen LogP) is 5.30. The van der Waals surface area contributed by atoms with Gasteiger partial charge in [-0.2, -0.15) is 0 Å². The smallest absolute Gasteiger partial charge is 0.210 e. The Morgan fingerprint density at radius 2 is 1.46 bits per heavy atom. The Balaban J connectivity index is 1.22. The molecule has 3 saturated heterocycles. The first-order chi connectivity index (χ1) is 23.0. The molecular weight excluding hydrogens is 643 g/mol. The van der Waals surface area contributed by atoms with E-state index in [2.05, 4.69) is 45.5 Å². The van der Waals surface area contributed by atoms with Crippen molar-refractivity contribution in [2.24, 2.45) is 5.92 Å². The van der Waals surface area contributed by atoms with E-state index in [1.807, 2.05) is 25.1 Å². The minimum Gasteiger partial charge on any atom is -0.491 e. The van der Waals surface area contributed by atoms with Crippen LogP contribution in [0.3, 0.4) is 0 Å². The van der Waals surface area contributed by atoms with Gasteiger partial charge >= 0.3 is 0 Å². The topological polar surface area (TPSA) is 86.3 Å². The molecular formula is C37H53N5O4S2. The Labute approximate surface area is 290 Å². The van der Waals surface area contributed by atoms with Gasteiger partial charge in [0.05, 0.1) is 22.2 Å². The molecule has 9 nitrogen and oxygen atoms in total. The average molecular weight is 696 g/mol. The molecule has 2 unspecified atom stereocenters. The van der Waals surface area contributed by atoms with Crippen molar-refractivity contribution in [2.75, 3.05) is 70.6 Å². The Kier molecular flexibility index (Phi) is 11.1. The first kappa shape index (κ1) is 35.3. The average Bonchev–Trinajstić information content (AvgIpc) is 3.08. The van der Waals surface area contributed by atoms with E-state index in [1.165, 1.54) is 32.1 Å². The fourth-order valence-electron chi connectivity index (χ4n) is 7.87. The van der Waals surface area contributed by atoms with Crippen molar-refractivity contribution >= 4 is 37.2 Å². The molecule has 3 aliphatic heterocycles. The second-order valence-electron chi connectivity index (χ2n) is 14.5. The Morgan fingerprint density at radius 3 is 2.06 bits per heavy atom. The second-order valence-corrected chi connectivity index (χ2v) is 17.8. The summed E-state index contributed by atoms with van der Waals surface area (Å²) >= 11 is 0. The van der Waals surface area contributed by atoms with Crippen LogP contribution in [0.2, 0.25) is 0 Å². The number of pyridine rings is 1. The van der Waals surface area contributed by atoms with E-state index < -0.39 is 20.6 Å². The van der Waals surface area contributed by atoms with Crippen LogP contribution in [0.5, 0.6) is 5.75 Å². The van der Waals surface area contributed by atoms with Gasteiger partial charge in [-0.15, -0.1) is 0 Å². The molecule has 0 saturated carbocycles. The lowest BCUT2D eigenvalue weighted by atomic mass is 9.96. The van der Waals surface area contributed by atoms with Crippen molar-refractivity contribution in [2.45, 2.75) is 85.7 Å². The van der Waals surface area contributed by atoms with E-state index in [9.17, 15) is 12.6 Å². The molecule has 1 aromatic heterocycles. The molecule has 3 aliphatic rings. The number of benzene rings is 2. The standard InChI is InChI=1S/C37H53N5O4S2/c1-27(2)24-28(3)46-31-6-9-33(10-7-31)48(44,45)36-26-38-35-11-8-32(47(5)43)25-34(35)37(36)42-18-14-29(15-19-42)40-16-12-30(13-17-40)41-22-20-39(4)21-23-41/h6-11,25-30H,12-24H2,1-5H3. The fraction of sp³-hybridized carbons (Fsp3) is 0.595. The summed E-state index contributed by atoms with van der Waals surface area (Å²) in [6.07, 6.45) is 8.51. The fourth-order valence-corrected chi connectivity index (χ4v) is 9.84. The molecule has 6 rings (SSSR count). The zero-order valence-corrected chi connectivity index (χ0v) is 30.9. The monoisotopic (exact) mass is 695 g/mol. The number of piperazine rings is 1. The van der Waals surface area contributed by atoms with E-state index in [0.717, 1.165) is 63.9 Å². The van der Waals surface area contributed by atoms with E-state index in [0.29, 0.717) is 39.9 Å². The van der Waals surface area contributed by atoms with E-state index in [1.54, 1.807) is 30.5 Å². The first-order valence-corrected chi connectivity index (χ1v) is 20.7. The third-order valence-electron chi connectivity index (χ3n) is 10.5. The van der Waals surface area contributed by atoms with Gasteiger partial charge in [0.25, 0.3) is 0 Å². The molecule has 11 heteroatoms. The lowest BCUT2D eigenvalue weighted by molar-refractivity contribution is 0.0495. The van der Waals surface area contributed by atoms with Crippen LogP contribution in [0.1, 0.15) is 52.9 Å². The second kappa shape index (κ2) is 15.1. The molecule has 0 N–H and O–H groups in total. The molecule has 3 aromatic rings. The van der Waals surface area contributed by atoms with Crippen LogP contribution in [0.15, 0.2) is 63.3 Å². The van der Waals surface area contributed by atoms with Crippen LogP contribution in [-0.2, 0) is 20.6 Å². The molecule has 0 bridgehead atoms. The van der Waals surface area contributed by atoms with Gasteiger partial charge in [-0.25, -0.2) is 8.42 Å². The van der Waals surface area contributed by atoms with Crippen LogP contribution in [0, 0.1) is 5.92 Å². The maximum absolute atomic E-state index is 14.3. The zero-order valence-electron chi connectivity index (χ0n) is 29.3. The molecule has 2 aromatic carbocycles. The summed E-state index contributed by atoms with van der Waals surface area (Å²) in [7, 11) is -2.91. The van der Waals surface area contributed by atoms with Crippen molar-refractivity contribution < 1.29 is 17.4 Å². The number of hydrogen-bond acceptors (Lipinski definition) is 9. The van der Waals surface area contributed by atoms with E-state index in [-0.39, 0.29) is 15.9 Å². The molecule has 262 valence electrons. The third kappa shape index (κ3) is 7.91. The molecule has 48 heavy (non-hydrogen) atoms. The molecule has 0 amide bonds. The van der Waals surface area contributed by atoms with Crippen molar-refractivity contribution in [1.82, 2.24) is 19.7 Å². The lowest BCUT2D eigenvalue weighted by Gasteiger charge is -2.46. The van der Waals surface area contributed by atoms with Crippen molar-refractivity contribution in [3.63, 3.8) is 0 Å². The molecule has 4 heterocycles. The number of fused-ring (bicyclic) bond motifs is 1. The van der Waals surface area contributed by atoms with Crippen LogP contribution < -0.4 is 9.64 Å². The highest BCUT2D eigenvalue weighted by Gasteiger charge is 2.34. The van der Waals surface area contributed by atoms with Crippen molar-refractivity contribution in [3.8, 4) is 5.75 Å². The number of aromatic nitrogens is 1. The Morgan fingerprint density at radius 1 is 0.854 bits per heavy atom. The number of nitrogens with zero attached hydrogens (tertiary/aromatic N) is 5. The van der Waals surface area contributed by atoms with Crippen molar-refractivity contribution in [3.05, 3.63) is 48.7 Å². The number of hydrogen-bond donors (Lipinski definition) is 0. The van der Waals surface area contributed by atoms with Crippen LogP contribution >= 0.6 is 0 Å². The number of ether oxygens (including phenoxy) is 1. The number of sulfone groups is 1. The molecule has 0 aliphatic carbocycles. The largest absolute Gasteiger partial charge is 0.491 e. The quantitative estimate of drug-likeness (QED) is 0.281. The summed E-state index contributed by atoms with van der Waals surface area (Å²) < 4.78 is 47.3. The zero-order chi connectivity index (χ0) is 34.0. The summed E-state index contributed by atoms with van der Waals surface area (Å²) in [6.45, 7) is 14.8. The summed E-state index contributed by atoms with van der Waals surface area (Å²) in [6, 6.07) is 13.5. The van der Waals surface area contributed by atoms with Gasteiger partial charge in [0.15, 0.2) is 0 Å². The van der Waals surface area contributed by atoms with Crippen molar-refractivity contribution in [1.29, 1.82) is 0 Å².